The first-order valence-electron chi connectivity index (χ1n) is 10.3. The first-order chi connectivity index (χ1) is 14.1. The molecule has 0 saturated carbocycles. The Morgan fingerprint density at radius 1 is 1.07 bits per heavy atom. The summed E-state index contributed by atoms with van der Waals surface area (Å²) in [5.41, 5.74) is 0. The van der Waals surface area contributed by atoms with E-state index in [4.69, 9.17) is 9.05 Å². The molecule has 0 bridgehead atoms. The molecule has 29 heavy (non-hydrogen) atoms. The first-order valence-corrected chi connectivity index (χ1v) is 11.1. The summed E-state index contributed by atoms with van der Waals surface area (Å²) in [6.45, 7) is 11.4. The van der Waals surface area contributed by atoms with Gasteiger partial charge < -0.3 is 13.9 Å². The molecule has 0 amide bonds. The van der Waals surface area contributed by atoms with Gasteiger partial charge in [0, 0.05) is 38.5 Å². The molecule has 1 atom stereocenters. The first kappa shape index (κ1) is 20.2. The Bertz CT molecular complexity index is 883. The Hall–Kier alpha value is -2.10. The molecule has 1 aliphatic rings. The molecule has 4 heterocycles. The summed E-state index contributed by atoms with van der Waals surface area (Å²) < 4.78 is 10.9. The van der Waals surface area contributed by atoms with Crippen molar-refractivity contribution in [3.63, 3.8) is 0 Å². The van der Waals surface area contributed by atoms with Crippen molar-refractivity contribution in [3.05, 3.63) is 35.1 Å². The third-order valence-corrected chi connectivity index (χ3v) is 6.23. The summed E-state index contributed by atoms with van der Waals surface area (Å²) in [5.74, 6) is 3.21. The van der Waals surface area contributed by atoms with Crippen LogP contribution in [-0.2, 0) is 6.42 Å². The third kappa shape index (κ3) is 4.91. The molecule has 1 unspecified atom stereocenters. The van der Waals surface area contributed by atoms with Crippen molar-refractivity contribution >= 4 is 11.3 Å². The zero-order valence-corrected chi connectivity index (χ0v) is 18.1. The molecular weight excluding hydrogens is 388 g/mol. The van der Waals surface area contributed by atoms with Crippen molar-refractivity contribution in [2.75, 3.05) is 32.7 Å². The van der Waals surface area contributed by atoms with E-state index in [2.05, 4.69) is 50.9 Å². The average Bonchev–Trinajstić information content (AvgIpc) is 3.48. The molecular formula is C20H28N6O2S. The van der Waals surface area contributed by atoms with Crippen LogP contribution in [0.3, 0.4) is 0 Å². The second kappa shape index (κ2) is 9.15. The SMILES string of the molecule is CC(C)c1noc(C(C)N2CCN(CCCc3nc(-c4cccs4)no3)CC2)n1. The van der Waals surface area contributed by atoms with E-state index in [-0.39, 0.29) is 12.0 Å². The molecule has 8 nitrogen and oxygen atoms in total. The molecule has 9 heteroatoms. The fourth-order valence-electron chi connectivity index (χ4n) is 3.50. The molecule has 1 aliphatic heterocycles. The summed E-state index contributed by atoms with van der Waals surface area (Å²) in [4.78, 5) is 15.0. The van der Waals surface area contributed by atoms with Crippen molar-refractivity contribution in [2.45, 2.75) is 45.6 Å². The Balaban J connectivity index is 1.20. The maximum absolute atomic E-state index is 5.47. The van der Waals surface area contributed by atoms with Gasteiger partial charge in [0.25, 0.3) is 0 Å². The Morgan fingerprint density at radius 3 is 2.59 bits per heavy atom. The summed E-state index contributed by atoms with van der Waals surface area (Å²) >= 11 is 1.63. The van der Waals surface area contributed by atoms with Crippen molar-refractivity contribution in [3.8, 4) is 10.7 Å². The molecule has 0 spiro atoms. The van der Waals surface area contributed by atoms with E-state index < -0.39 is 0 Å². The molecule has 0 aliphatic carbocycles. The fourth-order valence-corrected chi connectivity index (χ4v) is 4.15. The van der Waals surface area contributed by atoms with Crippen LogP contribution in [0, 0.1) is 0 Å². The van der Waals surface area contributed by atoms with Gasteiger partial charge in [-0.05, 0) is 31.3 Å². The van der Waals surface area contributed by atoms with Crippen molar-refractivity contribution in [2.24, 2.45) is 0 Å². The smallest absolute Gasteiger partial charge is 0.243 e. The van der Waals surface area contributed by atoms with E-state index in [0.29, 0.717) is 5.82 Å². The second-order valence-corrected chi connectivity index (χ2v) is 8.74. The molecule has 3 aromatic rings. The van der Waals surface area contributed by atoms with Crippen LogP contribution < -0.4 is 0 Å². The van der Waals surface area contributed by atoms with Gasteiger partial charge in [-0.3, -0.25) is 4.90 Å². The maximum Gasteiger partial charge on any atom is 0.243 e. The predicted octanol–water partition coefficient (Wildman–Crippen LogP) is 3.62. The lowest BCUT2D eigenvalue weighted by Crippen LogP contribution is -2.47. The highest BCUT2D eigenvalue weighted by atomic mass is 32.1. The standard InChI is InChI=1S/C20H28N6O2S/c1-14(2)18-22-20(28-23-18)15(3)26-11-9-25(10-12-26)8-4-7-17-21-19(24-27-17)16-6-5-13-29-16/h5-6,13-15H,4,7-12H2,1-3H3. The molecule has 0 radical (unpaired) electrons. The number of nitrogens with zero attached hydrogens (tertiary/aromatic N) is 6. The van der Waals surface area contributed by atoms with Crippen LogP contribution in [0.25, 0.3) is 10.7 Å². The predicted molar refractivity (Wildman–Crippen MR) is 111 cm³/mol. The molecule has 1 fully saturated rings. The van der Waals surface area contributed by atoms with Gasteiger partial charge in [0.1, 0.15) is 0 Å². The molecule has 1 saturated heterocycles. The van der Waals surface area contributed by atoms with E-state index in [1.807, 2.05) is 17.5 Å². The van der Waals surface area contributed by atoms with Gasteiger partial charge >= 0.3 is 0 Å². The van der Waals surface area contributed by atoms with Crippen LogP contribution in [0.4, 0.5) is 0 Å². The van der Waals surface area contributed by atoms with Gasteiger partial charge in [0.15, 0.2) is 5.82 Å². The van der Waals surface area contributed by atoms with Gasteiger partial charge in [-0.15, -0.1) is 11.3 Å². The summed E-state index contributed by atoms with van der Waals surface area (Å²) in [6, 6.07) is 4.17. The fraction of sp³-hybridized carbons (Fsp3) is 0.600. The number of thiophene rings is 1. The third-order valence-electron chi connectivity index (χ3n) is 5.36. The Morgan fingerprint density at radius 2 is 1.90 bits per heavy atom. The number of rotatable bonds is 8. The molecule has 156 valence electrons. The number of hydrogen-bond acceptors (Lipinski definition) is 9. The van der Waals surface area contributed by atoms with Crippen molar-refractivity contribution in [1.82, 2.24) is 30.1 Å². The minimum atomic E-state index is 0.159. The average molecular weight is 417 g/mol. The normalized spacial score (nSPS) is 17.2. The topological polar surface area (TPSA) is 84.3 Å². The lowest BCUT2D eigenvalue weighted by molar-refractivity contribution is 0.0874. The van der Waals surface area contributed by atoms with E-state index in [1.165, 1.54) is 0 Å². The van der Waals surface area contributed by atoms with Crippen LogP contribution in [0.15, 0.2) is 26.6 Å². The van der Waals surface area contributed by atoms with Crippen molar-refractivity contribution < 1.29 is 9.05 Å². The zero-order valence-electron chi connectivity index (χ0n) is 17.2. The molecule has 4 rings (SSSR count). The lowest BCUT2D eigenvalue weighted by atomic mass is 10.2. The highest BCUT2D eigenvalue weighted by Crippen LogP contribution is 2.23. The van der Waals surface area contributed by atoms with Gasteiger partial charge in [0.05, 0.1) is 10.9 Å². The van der Waals surface area contributed by atoms with Gasteiger partial charge in [-0.2, -0.15) is 9.97 Å². The highest BCUT2D eigenvalue weighted by Gasteiger charge is 2.26. The number of piperazine rings is 1. The van der Waals surface area contributed by atoms with E-state index in [0.717, 1.165) is 68.0 Å². The number of hydrogen-bond donors (Lipinski definition) is 0. The second-order valence-electron chi connectivity index (χ2n) is 7.79. The highest BCUT2D eigenvalue weighted by molar-refractivity contribution is 7.13. The lowest BCUT2D eigenvalue weighted by Gasteiger charge is -2.36. The van der Waals surface area contributed by atoms with E-state index in [1.54, 1.807) is 11.3 Å². The Labute approximate surface area is 174 Å². The number of aromatic nitrogens is 4. The minimum Gasteiger partial charge on any atom is -0.339 e. The quantitative estimate of drug-likeness (QED) is 0.550. The van der Waals surface area contributed by atoms with E-state index >= 15 is 0 Å². The van der Waals surface area contributed by atoms with Gasteiger partial charge in [-0.1, -0.05) is 30.2 Å². The van der Waals surface area contributed by atoms with Crippen LogP contribution in [-0.4, -0.2) is 62.8 Å². The van der Waals surface area contributed by atoms with Gasteiger partial charge in [0.2, 0.25) is 17.6 Å². The van der Waals surface area contributed by atoms with Crippen molar-refractivity contribution in [1.29, 1.82) is 0 Å². The summed E-state index contributed by atoms with van der Waals surface area (Å²) in [7, 11) is 0. The largest absolute Gasteiger partial charge is 0.339 e. The van der Waals surface area contributed by atoms with Crippen LogP contribution in [0.1, 0.15) is 56.8 Å². The molecule has 0 N–H and O–H groups in total. The monoisotopic (exact) mass is 416 g/mol. The minimum absolute atomic E-state index is 0.159. The number of aryl methyl sites for hydroxylation is 1. The molecule has 0 aromatic carbocycles. The zero-order chi connectivity index (χ0) is 20.2. The molecule has 3 aromatic heterocycles. The Kier molecular flexibility index (Phi) is 6.37. The van der Waals surface area contributed by atoms with E-state index in [9.17, 15) is 0 Å². The van der Waals surface area contributed by atoms with Crippen LogP contribution >= 0.6 is 11.3 Å². The van der Waals surface area contributed by atoms with Crippen LogP contribution in [0.5, 0.6) is 0 Å². The van der Waals surface area contributed by atoms with Crippen LogP contribution in [0.2, 0.25) is 0 Å². The van der Waals surface area contributed by atoms with Gasteiger partial charge in [-0.25, -0.2) is 0 Å². The summed E-state index contributed by atoms with van der Waals surface area (Å²) in [6.07, 6.45) is 1.83. The summed E-state index contributed by atoms with van der Waals surface area (Å²) in [5, 5.41) is 10.2. The maximum atomic E-state index is 5.47.